The molecule has 140 valence electrons. The number of likely N-dealkylation sites (N-methyl/N-ethyl adjacent to an activating group) is 1. The first kappa shape index (κ1) is 23.5. The molecule has 23 heavy (non-hydrogen) atoms. The van der Waals surface area contributed by atoms with Gasteiger partial charge in [0.25, 0.3) is 0 Å². The third-order valence-corrected chi connectivity index (χ3v) is 3.86. The van der Waals surface area contributed by atoms with Gasteiger partial charge in [-0.3, -0.25) is 0 Å². The summed E-state index contributed by atoms with van der Waals surface area (Å²) in [5, 5.41) is 0. The van der Waals surface area contributed by atoms with Gasteiger partial charge in [-0.25, -0.2) is 3.11 Å². The lowest BCUT2D eigenvalue weighted by molar-refractivity contribution is -0.0460. The average Bonchev–Trinajstić information content (AvgIpc) is 2.49. The smallest absolute Gasteiger partial charge is 0.0707 e. The molecule has 7 heteroatoms. The molecule has 0 saturated carbocycles. The Kier molecular flexibility index (Phi) is 16.3. The molecule has 0 aliphatic carbocycles. The summed E-state index contributed by atoms with van der Waals surface area (Å²) in [6.45, 7) is 15.7. The van der Waals surface area contributed by atoms with Gasteiger partial charge in [-0.05, 0) is 20.8 Å². The van der Waals surface area contributed by atoms with E-state index in [-0.39, 0.29) is 5.60 Å². The van der Waals surface area contributed by atoms with E-state index in [1.807, 2.05) is 20.8 Å². The molecule has 6 nitrogen and oxygen atoms in total. The topological polar surface area (TPSA) is 49.4 Å². The van der Waals surface area contributed by atoms with Crippen LogP contribution in [-0.4, -0.2) is 81.3 Å². The Morgan fingerprint density at radius 3 is 1.48 bits per heavy atom. The predicted octanol–water partition coefficient (Wildman–Crippen LogP) is 2.54. The number of halogens is 1. The van der Waals surface area contributed by atoms with Crippen molar-refractivity contribution in [3.63, 3.8) is 0 Å². The van der Waals surface area contributed by atoms with Gasteiger partial charge in [0.15, 0.2) is 0 Å². The van der Waals surface area contributed by atoms with E-state index in [1.54, 1.807) is 0 Å². The molecule has 0 aliphatic rings. The summed E-state index contributed by atoms with van der Waals surface area (Å²) in [5.41, 5.74) is -0.105. The maximum Gasteiger partial charge on any atom is 0.0707 e. The van der Waals surface area contributed by atoms with Crippen molar-refractivity contribution in [1.82, 2.24) is 3.11 Å². The molecule has 0 spiro atoms. The van der Waals surface area contributed by atoms with Gasteiger partial charge in [-0.2, -0.15) is 0 Å². The predicted molar refractivity (Wildman–Crippen MR) is 100 cm³/mol. The molecule has 0 heterocycles. The number of nitrogens with zero attached hydrogens (tertiary/aromatic N) is 1. The second-order valence-corrected chi connectivity index (χ2v) is 7.28. The number of hydrogen-bond donors (Lipinski definition) is 0. The van der Waals surface area contributed by atoms with Crippen molar-refractivity contribution in [3.05, 3.63) is 0 Å². The minimum atomic E-state index is -0.105. The van der Waals surface area contributed by atoms with Crippen LogP contribution < -0.4 is 0 Å². The van der Waals surface area contributed by atoms with Crippen LogP contribution in [0, 0.1) is 0 Å². The van der Waals surface area contributed by atoms with Crippen LogP contribution in [0.15, 0.2) is 0 Å². The fourth-order valence-electron chi connectivity index (χ4n) is 1.49. The van der Waals surface area contributed by atoms with Crippen molar-refractivity contribution in [3.8, 4) is 0 Å². The van der Waals surface area contributed by atoms with Crippen LogP contribution >= 0.6 is 22.9 Å². The highest BCUT2D eigenvalue weighted by atomic mass is 127. The minimum absolute atomic E-state index is 0.105. The van der Waals surface area contributed by atoms with Gasteiger partial charge < -0.3 is 23.7 Å². The summed E-state index contributed by atoms with van der Waals surface area (Å²) in [5.74, 6) is 0. The number of hydrogen-bond acceptors (Lipinski definition) is 6. The van der Waals surface area contributed by atoms with E-state index < -0.39 is 0 Å². The van der Waals surface area contributed by atoms with Gasteiger partial charge in [0.1, 0.15) is 0 Å². The van der Waals surface area contributed by atoms with Crippen LogP contribution in [0.2, 0.25) is 0 Å². The maximum atomic E-state index is 5.55. The zero-order valence-electron chi connectivity index (χ0n) is 15.1. The summed E-state index contributed by atoms with van der Waals surface area (Å²) in [7, 11) is 0. The largest absolute Gasteiger partial charge is 0.378 e. The van der Waals surface area contributed by atoms with Crippen LogP contribution in [0.1, 0.15) is 27.7 Å². The molecule has 0 amide bonds. The first-order valence-corrected chi connectivity index (χ1v) is 9.28. The van der Waals surface area contributed by atoms with Crippen LogP contribution in [0.5, 0.6) is 0 Å². The Balaban J connectivity index is 3.05. The Hall–Kier alpha value is 0.490. The molecule has 0 unspecified atom stereocenters. The highest BCUT2D eigenvalue weighted by Crippen LogP contribution is 2.05. The lowest BCUT2D eigenvalue weighted by Crippen LogP contribution is -2.22. The fourth-order valence-corrected chi connectivity index (χ4v) is 1.69. The SMILES string of the molecule is CCN(I)CCOCCOCCOCCOCCOC(C)(C)C. The molecule has 0 fully saturated rings. The van der Waals surface area contributed by atoms with Crippen molar-refractivity contribution in [2.75, 3.05) is 72.6 Å². The fraction of sp³-hybridized carbons (Fsp3) is 1.00. The monoisotopic (exact) mass is 447 g/mol. The standard InChI is InChI=1S/C16H34INO5/c1-5-18(17)6-7-19-8-9-20-10-11-21-12-13-22-14-15-23-16(2,3)4/h5-15H2,1-4H3. The van der Waals surface area contributed by atoms with Crippen molar-refractivity contribution in [2.45, 2.75) is 33.3 Å². The molecule has 0 N–H and O–H groups in total. The second-order valence-electron chi connectivity index (χ2n) is 5.91. The third kappa shape index (κ3) is 20.4. The maximum absolute atomic E-state index is 5.55. The zero-order chi connectivity index (χ0) is 17.4. The van der Waals surface area contributed by atoms with Crippen molar-refractivity contribution < 1.29 is 23.7 Å². The molecule has 0 saturated heterocycles. The average molecular weight is 447 g/mol. The summed E-state index contributed by atoms with van der Waals surface area (Å²) in [6.07, 6.45) is 0. The van der Waals surface area contributed by atoms with Gasteiger partial charge in [-0.15, -0.1) is 0 Å². The summed E-state index contributed by atoms with van der Waals surface area (Å²) < 4.78 is 29.5. The highest BCUT2D eigenvalue weighted by Gasteiger charge is 2.08. The van der Waals surface area contributed by atoms with Gasteiger partial charge >= 0.3 is 0 Å². The lowest BCUT2D eigenvalue weighted by atomic mass is 10.2. The van der Waals surface area contributed by atoms with Crippen LogP contribution in [-0.2, 0) is 23.7 Å². The van der Waals surface area contributed by atoms with Crippen molar-refractivity contribution in [1.29, 1.82) is 0 Å². The first-order chi connectivity index (χ1) is 11.0. The number of rotatable bonds is 16. The van der Waals surface area contributed by atoms with Crippen LogP contribution in [0.3, 0.4) is 0 Å². The lowest BCUT2D eigenvalue weighted by Gasteiger charge is -2.19. The van der Waals surface area contributed by atoms with Crippen LogP contribution in [0.25, 0.3) is 0 Å². The van der Waals surface area contributed by atoms with Crippen molar-refractivity contribution >= 4 is 22.9 Å². The Bertz CT molecular complexity index is 251. The Morgan fingerprint density at radius 1 is 0.696 bits per heavy atom. The van der Waals surface area contributed by atoms with E-state index in [9.17, 15) is 0 Å². The van der Waals surface area contributed by atoms with Crippen molar-refractivity contribution in [2.24, 2.45) is 0 Å². The number of ether oxygens (including phenoxy) is 5. The molecular formula is C16H34INO5. The first-order valence-electron chi connectivity index (χ1n) is 8.31. The molecule has 0 aromatic heterocycles. The second kappa shape index (κ2) is 16.0. The normalized spacial score (nSPS) is 12.3. The third-order valence-electron chi connectivity index (χ3n) is 2.70. The van der Waals surface area contributed by atoms with E-state index in [1.165, 1.54) is 0 Å². The Morgan fingerprint density at radius 2 is 1.09 bits per heavy atom. The Labute approximate surface area is 155 Å². The molecule has 0 aliphatic heterocycles. The van der Waals surface area contributed by atoms with E-state index in [4.69, 9.17) is 23.7 Å². The van der Waals surface area contributed by atoms with E-state index in [0.717, 1.165) is 19.7 Å². The molecule has 0 aromatic carbocycles. The molecule has 0 aromatic rings. The highest BCUT2D eigenvalue weighted by molar-refractivity contribution is 14.1. The molecule has 0 radical (unpaired) electrons. The zero-order valence-corrected chi connectivity index (χ0v) is 17.3. The summed E-state index contributed by atoms with van der Waals surface area (Å²) in [6, 6.07) is 0. The van der Waals surface area contributed by atoms with Gasteiger partial charge in [-0.1, -0.05) is 6.92 Å². The molecule has 0 bridgehead atoms. The minimum Gasteiger partial charge on any atom is -0.378 e. The van der Waals surface area contributed by atoms with Gasteiger partial charge in [0.05, 0.1) is 65.1 Å². The quantitative estimate of drug-likeness (QED) is 0.206. The van der Waals surface area contributed by atoms with E-state index >= 15 is 0 Å². The van der Waals surface area contributed by atoms with E-state index in [2.05, 4.69) is 32.9 Å². The molecular weight excluding hydrogens is 413 g/mol. The summed E-state index contributed by atoms with van der Waals surface area (Å²) in [4.78, 5) is 0. The van der Waals surface area contributed by atoms with Gasteiger partial charge in [0.2, 0.25) is 0 Å². The molecule has 0 rings (SSSR count). The van der Waals surface area contributed by atoms with Crippen LogP contribution in [0.4, 0.5) is 0 Å². The molecule has 0 atom stereocenters. The summed E-state index contributed by atoms with van der Waals surface area (Å²) >= 11 is 2.29. The van der Waals surface area contributed by atoms with Gasteiger partial charge in [0, 0.05) is 36.0 Å². The van der Waals surface area contributed by atoms with E-state index in [0.29, 0.717) is 52.9 Å².